The van der Waals surface area contributed by atoms with Crippen LogP contribution < -0.4 is 11.1 Å². The van der Waals surface area contributed by atoms with Crippen LogP contribution in [0.15, 0.2) is 12.4 Å². The van der Waals surface area contributed by atoms with E-state index in [-0.39, 0.29) is 6.04 Å². The quantitative estimate of drug-likeness (QED) is 0.775. The molecule has 4 heteroatoms. The Morgan fingerprint density at radius 2 is 2.12 bits per heavy atom. The molecule has 0 fully saturated rings. The predicted molar refractivity (Wildman–Crippen MR) is 67.3 cm³/mol. The number of nitrogens with two attached hydrogens (primary N) is 1. The summed E-state index contributed by atoms with van der Waals surface area (Å²) < 4.78 is 1.97. The molecule has 2 unspecified atom stereocenters. The lowest BCUT2D eigenvalue weighted by Gasteiger charge is -2.20. The molecular formula is C12H24N4. The van der Waals surface area contributed by atoms with Crippen LogP contribution in [0.3, 0.4) is 0 Å². The van der Waals surface area contributed by atoms with Crippen molar-refractivity contribution in [3.8, 4) is 0 Å². The van der Waals surface area contributed by atoms with Crippen molar-refractivity contribution in [1.29, 1.82) is 0 Å². The predicted octanol–water partition coefficient (Wildman–Crippen LogP) is 1.85. The first-order chi connectivity index (χ1) is 7.58. The van der Waals surface area contributed by atoms with E-state index in [2.05, 4.69) is 44.3 Å². The van der Waals surface area contributed by atoms with Gasteiger partial charge in [0.05, 0.1) is 6.20 Å². The Morgan fingerprint density at radius 1 is 1.44 bits per heavy atom. The summed E-state index contributed by atoms with van der Waals surface area (Å²) in [5.74, 6) is 0. The van der Waals surface area contributed by atoms with E-state index in [0.717, 1.165) is 6.42 Å². The molecule has 0 saturated heterocycles. The van der Waals surface area contributed by atoms with E-state index in [4.69, 9.17) is 5.73 Å². The molecule has 0 aliphatic heterocycles. The van der Waals surface area contributed by atoms with Gasteiger partial charge in [-0.2, -0.15) is 5.10 Å². The van der Waals surface area contributed by atoms with E-state index in [1.165, 1.54) is 5.56 Å². The molecule has 1 aromatic rings. The molecule has 1 heterocycles. The van der Waals surface area contributed by atoms with Crippen LogP contribution in [0, 0.1) is 0 Å². The minimum absolute atomic E-state index is 0.211. The van der Waals surface area contributed by atoms with Crippen molar-refractivity contribution >= 4 is 0 Å². The SMILES string of the molecule is CCC(C)NC(CN)c1cnn(C(C)C)c1. The second kappa shape index (κ2) is 6.01. The zero-order chi connectivity index (χ0) is 12.1. The van der Waals surface area contributed by atoms with Crippen molar-refractivity contribution in [3.05, 3.63) is 18.0 Å². The number of hydrogen-bond acceptors (Lipinski definition) is 3. The monoisotopic (exact) mass is 224 g/mol. The average Bonchev–Trinajstić information content (AvgIpc) is 2.74. The molecule has 0 bridgehead atoms. The van der Waals surface area contributed by atoms with Crippen molar-refractivity contribution in [2.24, 2.45) is 5.73 Å². The minimum atomic E-state index is 0.211. The van der Waals surface area contributed by atoms with Crippen molar-refractivity contribution in [2.45, 2.75) is 52.2 Å². The summed E-state index contributed by atoms with van der Waals surface area (Å²) >= 11 is 0. The summed E-state index contributed by atoms with van der Waals surface area (Å²) in [6, 6.07) is 1.09. The van der Waals surface area contributed by atoms with Gasteiger partial charge in [-0.15, -0.1) is 0 Å². The minimum Gasteiger partial charge on any atom is -0.329 e. The molecule has 2 atom stereocenters. The Morgan fingerprint density at radius 3 is 2.56 bits per heavy atom. The topological polar surface area (TPSA) is 55.9 Å². The summed E-state index contributed by atoms with van der Waals surface area (Å²) in [4.78, 5) is 0. The second-order valence-corrected chi connectivity index (χ2v) is 4.61. The first-order valence-electron chi connectivity index (χ1n) is 6.08. The van der Waals surface area contributed by atoms with Crippen molar-refractivity contribution < 1.29 is 0 Å². The van der Waals surface area contributed by atoms with Crippen LogP contribution in [0.4, 0.5) is 0 Å². The van der Waals surface area contributed by atoms with Gasteiger partial charge in [0.1, 0.15) is 0 Å². The molecule has 16 heavy (non-hydrogen) atoms. The molecule has 1 aromatic heterocycles. The zero-order valence-corrected chi connectivity index (χ0v) is 10.8. The molecule has 0 aliphatic carbocycles. The second-order valence-electron chi connectivity index (χ2n) is 4.61. The Bertz CT molecular complexity index is 306. The molecule has 1 rings (SSSR count). The average molecular weight is 224 g/mol. The van der Waals surface area contributed by atoms with Gasteiger partial charge in [0.15, 0.2) is 0 Å². The number of nitrogens with zero attached hydrogens (tertiary/aromatic N) is 2. The highest BCUT2D eigenvalue weighted by Crippen LogP contribution is 2.14. The third-order valence-electron chi connectivity index (χ3n) is 2.89. The van der Waals surface area contributed by atoms with Gasteiger partial charge in [0, 0.05) is 36.4 Å². The summed E-state index contributed by atoms with van der Waals surface area (Å²) in [6.07, 6.45) is 5.10. The summed E-state index contributed by atoms with van der Waals surface area (Å²) in [5.41, 5.74) is 6.97. The molecular weight excluding hydrogens is 200 g/mol. The number of rotatable bonds is 6. The van der Waals surface area contributed by atoms with Crippen LogP contribution in [0.1, 0.15) is 51.8 Å². The van der Waals surface area contributed by atoms with Gasteiger partial charge in [-0.25, -0.2) is 0 Å². The van der Waals surface area contributed by atoms with Crippen LogP contribution in [-0.2, 0) is 0 Å². The lowest BCUT2D eigenvalue weighted by Crippen LogP contribution is -2.34. The van der Waals surface area contributed by atoms with Crippen molar-refractivity contribution in [3.63, 3.8) is 0 Å². The molecule has 4 nitrogen and oxygen atoms in total. The molecule has 0 aromatic carbocycles. The Labute approximate surface area is 98.2 Å². The summed E-state index contributed by atoms with van der Waals surface area (Å²) in [6.45, 7) is 9.19. The Balaban J connectivity index is 2.71. The zero-order valence-electron chi connectivity index (χ0n) is 10.8. The van der Waals surface area contributed by atoms with E-state index in [1.54, 1.807) is 0 Å². The number of aromatic nitrogens is 2. The van der Waals surface area contributed by atoms with Crippen LogP contribution >= 0.6 is 0 Å². The van der Waals surface area contributed by atoms with Gasteiger partial charge in [-0.3, -0.25) is 4.68 Å². The third kappa shape index (κ3) is 3.32. The van der Waals surface area contributed by atoms with Gasteiger partial charge >= 0.3 is 0 Å². The third-order valence-corrected chi connectivity index (χ3v) is 2.89. The Hall–Kier alpha value is -0.870. The molecule has 0 aliphatic rings. The van der Waals surface area contributed by atoms with E-state index in [1.807, 2.05) is 10.9 Å². The largest absolute Gasteiger partial charge is 0.329 e. The molecule has 0 saturated carbocycles. The summed E-state index contributed by atoms with van der Waals surface area (Å²) in [7, 11) is 0. The van der Waals surface area contributed by atoms with E-state index >= 15 is 0 Å². The van der Waals surface area contributed by atoms with Crippen LogP contribution in [0.2, 0.25) is 0 Å². The maximum absolute atomic E-state index is 5.79. The van der Waals surface area contributed by atoms with Crippen molar-refractivity contribution in [1.82, 2.24) is 15.1 Å². The summed E-state index contributed by atoms with van der Waals surface area (Å²) in [5, 5.41) is 7.85. The Kier molecular flexibility index (Phi) is 4.96. The fourth-order valence-corrected chi connectivity index (χ4v) is 1.58. The number of hydrogen-bond donors (Lipinski definition) is 2. The molecule has 0 radical (unpaired) electrons. The van der Waals surface area contributed by atoms with E-state index in [9.17, 15) is 0 Å². The van der Waals surface area contributed by atoms with Crippen LogP contribution in [0.25, 0.3) is 0 Å². The normalized spacial score (nSPS) is 15.4. The molecule has 92 valence electrons. The van der Waals surface area contributed by atoms with Gasteiger partial charge < -0.3 is 11.1 Å². The molecule has 0 spiro atoms. The smallest absolute Gasteiger partial charge is 0.0538 e. The first kappa shape index (κ1) is 13.2. The van der Waals surface area contributed by atoms with E-state index in [0.29, 0.717) is 18.6 Å². The van der Waals surface area contributed by atoms with Crippen molar-refractivity contribution in [2.75, 3.05) is 6.54 Å². The van der Waals surface area contributed by atoms with Gasteiger partial charge in [0.2, 0.25) is 0 Å². The highest BCUT2D eigenvalue weighted by molar-refractivity contribution is 5.11. The fourth-order valence-electron chi connectivity index (χ4n) is 1.58. The standard InChI is InChI=1S/C12H24N4/c1-5-10(4)15-12(6-13)11-7-14-16(8-11)9(2)3/h7-10,12,15H,5-6,13H2,1-4H3. The highest BCUT2D eigenvalue weighted by Gasteiger charge is 2.14. The number of nitrogens with one attached hydrogen (secondary N) is 1. The first-order valence-corrected chi connectivity index (χ1v) is 6.08. The van der Waals surface area contributed by atoms with Gasteiger partial charge in [-0.1, -0.05) is 6.92 Å². The van der Waals surface area contributed by atoms with Crippen LogP contribution in [-0.4, -0.2) is 22.4 Å². The van der Waals surface area contributed by atoms with Gasteiger partial charge in [0.25, 0.3) is 0 Å². The van der Waals surface area contributed by atoms with Gasteiger partial charge in [-0.05, 0) is 27.2 Å². The maximum atomic E-state index is 5.79. The molecule has 3 N–H and O–H groups in total. The van der Waals surface area contributed by atoms with E-state index < -0.39 is 0 Å². The lowest BCUT2D eigenvalue weighted by molar-refractivity contribution is 0.450. The highest BCUT2D eigenvalue weighted by atomic mass is 15.3. The molecule has 0 amide bonds. The van der Waals surface area contributed by atoms with Crippen LogP contribution in [0.5, 0.6) is 0 Å². The lowest BCUT2D eigenvalue weighted by atomic mass is 10.1. The fraction of sp³-hybridized carbons (Fsp3) is 0.750. The maximum Gasteiger partial charge on any atom is 0.0538 e.